The summed E-state index contributed by atoms with van der Waals surface area (Å²) in [5, 5.41) is 6.06. The molecular weight excluding hydrogens is 446 g/mol. The average Bonchev–Trinajstić information content (AvgIpc) is 3.05. The number of imidazole rings is 1. The number of anilines is 2. The van der Waals surface area contributed by atoms with Crippen LogP contribution in [0, 0.1) is 0 Å². The van der Waals surface area contributed by atoms with Crippen molar-refractivity contribution in [3.63, 3.8) is 0 Å². The number of pyridine rings is 1. The number of aromatic nitrogens is 3. The number of carbonyl (C=O) groups excluding carboxylic acids is 1. The highest BCUT2D eigenvalue weighted by atomic mass is 79.9. The van der Waals surface area contributed by atoms with Gasteiger partial charge in [-0.15, -0.1) is 0 Å². The molecule has 7 nitrogen and oxygen atoms in total. The minimum atomic E-state index is -0.230. The van der Waals surface area contributed by atoms with Crippen molar-refractivity contribution in [1.82, 2.24) is 19.9 Å². The highest BCUT2D eigenvalue weighted by Crippen LogP contribution is 2.28. The summed E-state index contributed by atoms with van der Waals surface area (Å²) in [5.74, 6) is 1.66. The lowest BCUT2D eigenvalue weighted by molar-refractivity contribution is 0.0950. The fraction of sp³-hybridized carbons (Fsp3) is 0.136. The first-order valence-electron chi connectivity index (χ1n) is 9.44. The van der Waals surface area contributed by atoms with Gasteiger partial charge in [-0.2, -0.15) is 0 Å². The molecule has 8 heteroatoms. The van der Waals surface area contributed by atoms with Gasteiger partial charge < -0.3 is 19.9 Å². The van der Waals surface area contributed by atoms with Crippen molar-refractivity contribution >= 4 is 44.5 Å². The van der Waals surface area contributed by atoms with Gasteiger partial charge in [0.05, 0.1) is 11.0 Å². The first-order valence-corrected chi connectivity index (χ1v) is 10.2. The lowest BCUT2D eigenvalue weighted by Crippen LogP contribution is -2.23. The number of amides is 1. The molecule has 0 bridgehead atoms. The molecule has 0 saturated heterocycles. The number of carbonyl (C=O) groups is 1. The molecule has 0 spiro atoms. The van der Waals surface area contributed by atoms with Gasteiger partial charge in [0.1, 0.15) is 17.2 Å². The largest absolute Gasteiger partial charge is 0.457 e. The summed E-state index contributed by atoms with van der Waals surface area (Å²) in [4.78, 5) is 20.8. The van der Waals surface area contributed by atoms with Crippen LogP contribution >= 0.6 is 15.9 Å². The average molecular weight is 466 g/mol. The zero-order valence-electron chi connectivity index (χ0n) is 16.5. The summed E-state index contributed by atoms with van der Waals surface area (Å²) < 4.78 is 8.95. The zero-order valence-corrected chi connectivity index (χ0v) is 18.1. The fourth-order valence-electron chi connectivity index (χ4n) is 3.00. The van der Waals surface area contributed by atoms with Gasteiger partial charge in [0, 0.05) is 42.1 Å². The number of ether oxygens (including phenoxy) is 1. The van der Waals surface area contributed by atoms with E-state index < -0.39 is 0 Å². The second-order valence-corrected chi connectivity index (χ2v) is 7.53. The Balaban J connectivity index is 1.57. The summed E-state index contributed by atoms with van der Waals surface area (Å²) in [6, 6.07) is 16.9. The van der Waals surface area contributed by atoms with E-state index >= 15 is 0 Å². The molecule has 2 N–H and O–H groups in total. The Morgan fingerprint density at radius 1 is 1.10 bits per heavy atom. The summed E-state index contributed by atoms with van der Waals surface area (Å²) in [7, 11) is 1.96. The van der Waals surface area contributed by atoms with Crippen LogP contribution in [0.1, 0.15) is 17.4 Å². The fourth-order valence-corrected chi connectivity index (χ4v) is 3.27. The molecule has 0 radical (unpaired) electrons. The Kier molecular flexibility index (Phi) is 5.67. The Morgan fingerprint density at radius 2 is 1.87 bits per heavy atom. The molecule has 0 aliphatic heterocycles. The van der Waals surface area contributed by atoms with Crippen LogP contribution in [0.4, 0.5) is 11.6 Å². The molecule has 0 saturated carbocycles. The van der Waals surface area contributed by atoms with Gasteiger partial charge in [-0.3, -0.25) is 9.78 Å². The number of hydrogen-bond acceptors (Lipinski definition) is 5. The minimum absolute atomic E-state index is 0.230. The third kappa shape index (κ3) is 4.28. The highest BCUT2D eigenvalue weighted by Gasteiger charge is 2.11. The van der Waals surface area contributed by atoms with Crippen LogP contribution < -0.4 is 15.4 Å². The van der Waals surface area contributed by atoms with Gasteiger partial charge in [0.25, 0.3) is 5.91 Å². The van der Waals surface area contributed by atoms with Gasteiger partial charge in [0.2, 0.25) is 5.95 Å². The Morgan fingerprint density at radius 3 is 2.63 bits per heavy atom. The van der Waals surface area contributed by atoms with Crippen molar-refractivity contribution in [2.24, 2.45) is 7.05 Å². The van der Waals surface area contributed by atoms with Crippen molar-refractivity contribution in [3.05, 3.63) is 71.0 Å². The first-order chi connectivity index (χ1) is 14.5. The number of benzene rings is 2. The van der Waals surface area contributed by atoms with Crippen LogP contribution in [0.2, 0.25) is 0 Å². The van der Waals surface area contributed by atoms with Crippen molar-refractivity contribution in [3.8, 4) is 11.5 Å². The molecule has 0 aliphatic rings. The molecule has 152 valence electrons. The third-order valence-corrected chi connectivity index (χ3v) is 5.02. The zero-order chi connectivity index (χ0) is 21.1. The van der Waals surface area contributed by atoms with Crippen molar-refractivity contribution < 1.29 is 9.53 Å². The number of aryl methyl sites for hydroxylation is 1. The van der Waals surface area contributed by atoms with Crippen LogP contribution in [0.15, 0.2) is 65.3 Å². The lowest BCUT2D eigenvalue weighted by Gasteiger charge is -2.07. The third-order valence-electron chi connectivity index (χ3n) is 4.49. The van der Waals surface area contributed by atoms with E-state index in [1.54, 1.807) is 18.3 Å². The van der Waals surface area contributed by atoms with E-state index in [0.717, 1.165) is 27.1 Å². The second-order valence-electron chi connectivity index (χ2n) is 6.62. The van der Waals surface area contributed by atoms with E-state index in [-0.39, 0.29) is 5.91 Å². The van der Waals surface area contributed by atoms with E-state index in [1.807, 2.05) is 61.0 Å². The topological polar surface area (TPSA) is 81.1 Å². The second kappa shape index (κ2) is 8.54. The number of hydrogen-bond donors (Lipinski definition) is 2. The molecule has 0 atom stereocenters. The maximum absolute atomic E-state index is 12.0. The van der Waals surface area contributed by atoms with Crippen LogP contribution in [-0.2, 0) is 7.05 Å². The molecule has 4 rings (SSSR count). The molecule has 2 aromatic carbocycles. The van der Waals surface area contributed by atoms with E-state index in [4.69, 9.17) is 4.74 Å². The Hall–Kier alpha value is -3.39. The van der Waals surface area contributed by atoms with Crippen molar-refractivity contribution in [2.75, 3.05) is 11.9 Å². The van der Waals surface area contributed by atoms with E-state index in [9.17, 15) is 4.79 Å². The van der Waals surface area contributed by atoms with Gasteiger partial charge in [0.15, 0.2) is 0 Å². The lowest BCUT2D eigenvalue weighted by atomic mass is 10.3. The summed E-state index contributed by atoms with van der Waals surface area (Å²) in [5.41, 5.74) is 3.03. The molecule has 4 aromatic rings. The summed E-state index contributed by atoms with van der Waals surface area (Å²) in [6.07, 6.45) is 1.56. The Bertz CT molecular complexity index is 1200. The van der Waals surface area contributed by atoms with Gasteiger partial charge in [-0.1, -0.05) is 15.9 Å². The number of nitrogens with one attached hydrogen (secondary N) is 2. The normalized spacial score (nSPS) is 10.8. The molecule has 0 aliphatic carbocycles. The number of rotatable bonds is 6. The minimum Gasteiger partial charge on any atom is -0.457 e. The maximum atomic E-state index is 12.0. The smallest absolute Gasteiger partial charge is 0.270 e. The molecule has 2 aromatic heterocycles. The SMILES string of the molecule is CCNC(=O)c1cc(Oc2ccc3c(c2)nc(Nc2ccc(Br)cc2)n3C)ccn1. The van der Waals surface area contributed by atoms with Gasteiger partial charge >= 0.3 is 0 Å². The van der Waals surface area contributed by atoms with Crippen LogP contribution in [0.5, 0.6) is 11.5 Å². The highest BCUT2D eigenvalue weighted by molar-refractivity contribution is 9.10. The Labute approximate surface area is 182 Å². The predicted octanol–water partition coefficient (Wildman–Crippen LogP) is 5.02. The maximum Gasteiger partial charge on any atom is 0.270 e. The molecular formula is C22H20BrN5O2. The quantitative estimate of drug-likeness (QED) is 0.417. The first kappa shape index (κ1) is 19.9. The molecule has 0 unspecified atom stereocenters. The van der Waals surface area contributed by atoms with Crippen LogP contribution in [-0.4, -0.2) is 27.0 Å². The molecule has 2 heterocycles. The predicted molar refractivity (Wildman–Crippen MR) is 120 cm³/mol. The van der Waals surface area contributed by atoms with Crippen LogP contribution in [0.3, 0.4) is 0 Å². The molecule has 30 heavy (non-hydrogen) atoms. The monoisotopic (exact) mass is 465 g/mol. The van der Waals surface area contributed by atoms with Crippen molar-refractivity contribution in [2.45, 2.75) is 6.92 Å². The van der Waals surface area contributed by atoms with E-state index in [1.165, 1.54) is 0 Å². The molecule has 0 fully saturated rings. The summed E-state index contributed by atoms with van der Waals surface area (Å²) >= 11 is 3.44. The van der Waals surface area contributed by atoms with Crippen molar-refractivity contribution in [1.29, 1.82) is 0 Å². The summed E-state index contributed by atoms with van der Waals surface area (Å²) in [6.45, 7) is 2.40. The number of fused-ring (bicyclic) bond motifs is 1. The van der Waals surface area contributed by atoms with Crippen LogP contribution in [0.25, 0.3) is 11.0 Å². The standard InChI is InChI=1S/C22H20BrN5O2/c1-3-24-21(29)19-13-17(10-11-25-19)30-16-8-9-20-18(12-16)27-22(28(20)2)26-15-6-4-14(23)5-7-15/h4-13H,3H2,1-2H3,(H,24,29)(H,26,27). The van der Waals surface area contributed by atoms with Gasteiger partial charge in [-0.05, 0) is 49.4 Å². The van der Waals surface area contributed by atoms with Gasteiger partial charge in [-0.25, -0.2) is 4.98 Å². The van der Waals surface area contributed by atoms with E-state index in [2.05, 4.69) is 36.5 Å². The number of halogens is 1. The molecule has 1 amide bonds. The van der Waals surface area contributed by atoms with E-state index in [0.29, 0.717) is 23.7 Å². The number of nitrogens with zero attached hydrogens (tertiary/aromatic N) is 3.